The summed E-state index contributed by atoms with van der Waals surface area (Å²) in [6.07, 6.45) is 0. The Kier molecular flexibility index (Phi) is 5.41. The van der Waals surface area contributed by atoms with Gasteiger partial charge >= 0.3 is 57.4 Å². The summed E-state index contributed by atoms with van der Waals surface area (Å²) in [4.78, 5) is 10.2. The molecular formula is C8H5F4KO2. The SMILES string of the molecule is Cc1c(F)c(F)c(C(=O)O)c(F)c1F.[H-].[K+]. The predicted molar refractivity (Wildman–Crippen MR) is 39.1 cm³/mol. The number of carbonyl (C=O) groups is 1. The van der Waals surface area contributed by atoms with Gasteiger partial charge in [-0.2, -0.15) is 0 Å². The van der Waals surface area contributed by atoms with Crippen molar-refractivity contribution in [2.24, 2.45) is 0 Å². The normalized spacial score (nSPS) is 9.67. The molecule has 0 atom stereocenters. The molecule has 0 radical (unpaired) electrons. The first-order valence-electron chi connectivity index (χ1n) is 3.43. The molecule has 7 heteroatoms. The van der Waals surface area contributed by atoms with Gasteiger partial charge in [-0.15, -0.1) is 0 Å². The molecule has 1 N–H and O–H groups in total. The summed E-state index contributed by atoms with van der Waals surface area (Å²) in [6, 6.07) is 0. The van der Waals surface area contributed by atoms with Gasteiger partial charge in [-0.05, 0) is 6.92 Å². The summed E-state index contributed by atoms with van der Waals surface area (Å²) in [5, 5.41) is 8.27. The van der Waals surface area contributed by atoms with Gasteiger partial charge in [-0.25, -0.2) is 22.4 Å². The number of hydrogen-bond acceptors (Lipinski definition) is 1. The van der Waals surface area contributed by atoms with E-state index in [-0.39, 0.29) is 52.8 Å². The van der Waals surface area contributed by atoms with Gasteiger partial charge in [-0.1, -0.05) is 0 Å². The molecule has 0 aliphatic rings. The number of halogens is 4. The first-order valence-corrected chi connectivity index (χ1v) is 3.43. The first kappa shape index (κ1) is 15.0. The molecule has 0 heterocycles. The van der Waals surface area contributed by atoms with Crippen molar-refractivity contribution in [1.82, 2.24) is 0 Å². The maximum absolute atomic E-state index is 12.8. The number of aromatic carboxylic acids is 1. The third-order valence-electron chi connectivity index (χ3n) is 1.70. The molecule has 0 bridgehead atoms. The average Bonchev–Trinajstić information content (AvgIpc) is 2.11. The molecule has 0 aliphatic carbocycles. The van der Waals surface area contributed by atoms with E-state index in [0.717, 1.165) is 6.92 Å². The molecule has 0 saturated carbocycles. The van der Waals surface area contributed by atoms with Gasteiger partial charge in [0.05, 0.1) is 0 Å². The Labute approximate surface area is 126 Å². The van der Waals surface area contributed by atoms with Crippen LogP contribution in [0.2, 0.25) is 0 Å². The average molecular weight is 248 g/mol. The monoisotopic (exact) mass is 248 g/mol. The molecule has 1 aromatic rings. The van der Waals surface area contributed by atoms with E-state index in [9.17, 15) is 22.4 Å². The minimum absolute atomic E-state index is 0. The molecule has 0 amide bonds. The number of benzene rings is 1. The molecule has 1 rings (SSSR count). The van der Waals surface area contributed by atoms with Gasteiger partial charge < -0.3 is 6.53 Å². The van der Waals surface area contributed by atoms with Crippen molar-refractivity contribution in [3.63, 3.8) is 0 Å². The predicted octanol–water partition coefficient (Wildman–Crippen LogP) is -0.634. The molecular weight excluding hydrogens is 243 g/mol. The third-order valence-corrected chi connectivity index (χ3v) is 1.70. The molecule has 0 fully saturated rings. The fourth-order valence-electron chi connectivity index (χ4n) is 0.929. The van der Waals surface area contributed by atoms with Crippen LogP contribution in [0.25, 0.3) is 0 Å². The summed E-state index contributed by atoms with van der Waals surface area (Å²) in [6.45, 7) is 0.808. The Morgan fingerprint density at radius 1 is 1.07 bits per heavy atom. The van der Waals surface area contributed by atoms with Crippen LogP contribution >= 0.6 is 0 Å². The maximum atomic E-state index is 12.8. The molecule has 2 nitrogen and oxygen atoms in total. The largest absolute Gasteiger partial charge is 1.00 e. The number of carboxylic acid groups (broad SMARTS) is 1. The fourth-order valence-corrected chi connectivity index (χ4v) is 0.929. The van der Waals surface area contributed by atoms with E-state index in [0.29, 0.717) is 0 Å². The Hall–Kier alpha value is 0.0464. The van der Waals surface area contributed by atoms with Crippen LogP contribution in [0.15, 0.2) is 0 Å². The summed E-state index contributed by atoms with van der Waals surface area (Å²) >= 11 is 0. The van der Waals surface area contributed by atoms with Gasteiger partial charge in [0.25, 0.3) is 0 Å². The van der Waals surface area contributed by atoms with E-state index in [2.05, 4.69) is 0 Å². The quantitative estimate of drug-likeness (QED) is 0.408. The molecule has 0 unspecified atom stereocenters. The zero-order chi connectivity index (χ0) is 11.0. The van der Waals surface area contributed by atoms with E-state index in [4.69, 9.17) is 5.11 Å². The Balaban J connectivity index is 0. The molecule has 1 aromatic carbocycles. The Morgan fingerprint density at radius 2 is 1.40 bits per heavy atom. The van der Waals surface area contributed by atoms with Crippen LogP contribution in [0.4, 0.5) is 17.6 Å². The van der Waals surface area contributed by atoms with Crippen molar-refractivity contribution in [2.75, 3.05) is 0 Å². The minimum Gasteiger partial charge on any atom is -1.00 e. The van der Waals surface area contributed by atoms with Crippen LogP contribution < -0.4 is 51.4 Å². The summed E-state index contributed by atoms with van der Waals surface area (Å²) in [7, 11) is 0. The van der Waals surface area contributed by atoms with Gasteiger partial charge in [0.15, 0.2) is 23.3 Å². The number of carboxylic acids is 1. The van der Waals surface area contributed by atoms with E-state index in [1.54, 1.807) is 0 Å². The van der Waals surface area contributed by atoms with Crippen molar-refractivity contribution < 1.29 is 80.3 Å². The summed E-state index contributed by atoms with van der Waals surface area (Å²) in [5.41, 5.74) is -2.50. The molecule has 0 aliphatic heterocycles. The van der Waals surface area contributed by atoms with Gasteiger partial charge in [-0.3, -0.25) is 0 Å². The second-order valence-electron chi connectivity index (χ2n) is 2.56. The van der Waals surface area contributed by atoms with Crippen LogP contribution in [-0.4, -0.2) is 11.1 Å². The summed E-state index contributed by atoms with van der Waals surface area (Å²) < 4.78 is 51.1. The standard InChI is InChI=1S/C8H4F4O2.K.H/c1-2-4(9)6(11)3(8(13)14)7(12)5(2)10;;/h1H3,(H,13,14);;/q;+1;-1. The topological polar surface area (TPSA) is 37.3 Å². The second kappa shape index (κ2) is 5.40. The van der Waals surface area contributed by atoms with E-state index < -0.39 is 40.4 Å². The van der Waals surface area contributed by atoms with E-state index >= 15 is 0 Å². The first-order chi connectivity index (χ1) is 6.37. The van der Waals surface area contributed by atoms with Crippen LogP contribution in [0.1, 0.15) is 17.3 Å². The third kappa shape index (κ3) is 2.59. The van der Waals surface area contributed by atoms with Crippen molar-refractivity contribution >= 4 is 5.97 Å². The van der Waals surface area contributed by atoms with Gasteiger partial charge in [0.2, 0.25) is 0 Å². The molecule has 78 valence electrons. The fraction of sp³-hybridized carbons (Fsp3) is 0.125. The van der Waals surface area contributed by atoms with Crippen LogP contribution in [0.5, 0.6) is 0 Å². The number of hydrogen-bond donors (Lipinski definition) is 1. The molecule has 0 saturated heterocycles. The van der Waals surface area contributed by atoms with E-state index in [1.807, 2.05) is 0 Å². The zero-order valence-electron chi connectivity index (χ0n) is 8.87. The zero-order valence-corrected chi connectivity index (χ0v) is 11.0. The van der Waals surface area contributed by atoms with Crippen LogP contribution in [0, 0.1) is 30.2 Å². The molecule has 0 spiro atoms. The Bertz CT molecular complexity index is 396. The maximum Gasteiger partial charge on any atom is 1.00 e. The van der Waals surface area contributed by atoms with Crippen LogP contribution in [0.3, 0.4) is 0 Å². The van der Waals surface area contributed by atoms with Crippen molar-refractivity contribution in [3.8, 4) is 0 Å². The summed E-state index contributed by atoms with van der Waals surface area (Å²) in [5.74, 6) is -9.23. The van der Waals surface area contributed by atoms with Gasteiger partial charge in [0, 0.05) is 5.56 Å². The van der Waals surface area contributed by atoms with Gasteiger partial charge in [0.1, 0.15) is 5.56 Å². The van der Waals surface area contributed by atoms with Crippen LogP contribution in [-0.2, 0) is 0 Å². The molecule has 0 aromatic heterocycles. The van der Waals surface area contributed by atoms with E-state index in [1.165, 1.54) is 0 Å². The Morgan fingerprint density at radius 3 is 1.67 bits per heavy atom. The smallest absolute Gasteiger partial charge is 1.00 e. The van der Waals surface area contributed by atoms with Crippen molar-refractivity contribution in [2.45, 2.75) is 6.92 Å². The molecule has 15 heavy (non-hydrogen) atoms. The van der Waals surface area contributed by atoms with Crippen molar-refractivity contribution in [3.05, 3.63) is 34.4 Å². The van der Waals surface area contributed by atoms with Crippen molar-refractivity contribution in [1.29, 1.82) is 0 Å². The number of rotatable bonds is 1. The second-order valence-corrected chi connectivity index (χ2v) is 2.56. The minimum atomic E-state index is -2.06.